The van der Waals surface area contributed by atoms with Gasteiger partial charge in [0.05, 0.1) is 29.7 Å². The molecule has 0 saturated heterocycles. The molecule has 1 amide bonds. The highest BCUT2D eigenvalue weighted by atomic mass is 32.3. The summed E-state index contributed by atoms with van der Waals surface area (Å²) in [4.78, 5) is 12.9. The summed E-state index contributed by atoms with van der Waals surface area (Å²) in [6.07, 6.45) is 3.38. The van der Waals surface area contributed by atoms with Gasteiger partial charge in [-0.2, -0.15) is 10.6 Å². The van der Waals surface area contributed by atoms with Crippen molar-refractivity contribution in [2.45, 2.75) is 69.4 Å². The molecule has 2 aromatic rings. The number of fused-ring (bicyclic) bond motifs is 1. The summed E-state index contributed by atoms with van der Waals surface area (Å²) in [7, 11) is -2.82. The quantitative estimate of drug-likeness (QED) is 0.329. The third-order valence-corrected chi connectivity index (χ3v) is 8.92. The molecule has 0 radical (unpaired) electrons. The Morgan fingerprint density at radius 3 is 2.44 bits per heavy atom. The van der Waals surface area contributed by atoms with Crippen LogP contribution in [0.25, 0.3) is 0 Å². The number of aliphatic hydroxyl groups excluding tert-OH is 1. The SMILES string of the molecule is CCc1ccc2c(c1)[C@@H](NC[C@H](O)[C@H](Cc1cc(F)cc(F)c1)NC(=O)C1CCCC1)CS(O)(O)C2. The summed E-state index contributed by atoms with van der Waals surface area (Å²) in [6, 6.07) is 8.02. The molecular weight excluding hydrogens is 486 g/mol. The lowest BCUT2D eigenvalue weighted by Crippen LogP contribution is -2.51. The standard InChI is InChI=1S/C27H36F2N2O4S/c1-2-17-7-8-20-15-36(34,35)16-25(23(20)11-17)30-14-26(32)24(31-27(33)19-5-3-4-6-19)12-18-9-21(28)13-22(29)10-18/h7-11,13,19,24-26,30,32,34-35H,2-6,12,14-16H2,1H3,(H,31,33)/t24-,25-,26-/m0/s1. The average Bonchev–Trinajstić information content (AvgIpc) is 3.35. The van der Waals surface area contributed by atoms with Crippen LogP contribution in [0.4, 0.5) is 8.78 Å². The molecule has 198 valence electrons. The first-order valence-electron chi connectivity index (χ1n) is 12.7. The minimum Gasteiger partial charge on any atom is -0.390 e. The van der Waals surface area contributed by atoms with E-state index in [-0.39, 0.29) is 42.3 Å². The van der Waals surface area contributed by atoms with Crippen molar-refractivity contribution in [2.75, 3.05) is 12.3 Å². The summed E-state index contributed by atoms with van der Waals surface area (Å²) >= 11 is 0. The van der Waals surface area contributed by atoms with Crippen LogP contribution in [0.1, 0.15) is 60.9 Å². The maximum atomic E-state index is 13.8. The number of rotatable bonds is 9. The van der Waals surface area contributed by atoms with Gasteiger partial charge in [0, 0.05) is 18.5 Å². The molecule has 4 rings (SSSR count). The van der Waals surface area contributed by atoms with Crippen molar-refractivity contribution in [1.82, 2.24) is 10.6 Å². The van der Waals surface area contributed by atoms with E-state index < -0.39 is 34.4 Å². The van der Waals surface area contributed by atoms with Gasteiger partial charge in [-0.05, 0) is 60.1 Å². The van der Waals surface area contributed by atoms with E-state index in [4.69, 9.17) is 0 Å². The highest BCUT2D eigenvalue weighted by molar-refractivity contribution is 8.23. The Hall–Kier alpha value is -2.04. The molecule has 1 heterocycles. The lowest BCUT2D eigenvalue weighted by Gasteiger charge is -2.42. The van der Waals surface area contributed by atoms with Crippen molar-refractivity contribution in [3.05, 3.63) is 70.3 Å². The van der Waals surface area contributed by atoms with Crippen molar-refractivity contribution in [3.8, 4) is 0 Å². The van der Waals surface area contributed by atoms with Crippen LogP contribution in [0.3, 0.4) is 0 Å². The normalized spacial score (nSPS) is 22.0. The van der Waals surface area contributed by atoms with Gasteiger partial charge in [0.15, 0.2) is 0 Å². The van der Waals surface area contributed by atoms with Gasteiger partial charge >= 0.3 is 0 Å². The number of hydrogen-bond acceptors (Lipinski definition) is 5. The largest absolute Gasteiger partial charge is 0.390 e. The summed E-state index contributed by atoms with van der Waals surface area (Å²) < 4.78 is 48.6. The molecule has 2 aliphatic rings. The van der Waals surface area contributed by atoms with Gasteiger partial charge in [0.25, 0.3) is 0 Å². The monoisotopic (exact) mass is 522 g/mol. The van der Waals surface area contributed by atoms with Crippen molar-refractivity contribution in [1.29, 1.82) is 0 Å². The van der Waals surface area contributed by atoms with Crippen LogP contribution < -0.4 is 10.6 Å². The van der Waals surface area contributed by atoms with Gasteiger partial charge < -0.3 is 15.7 Å². The predicted molar refractivity (Wildman–Crippen MR) is 138 cm³/mol. The Kier molecular flexibility index (Phi) is 8.67. The second-order valence-electron chi connectivity index (χ2n) is 10.1. The molecule has 6 nitrogen and oxygen atoms in total. The number of benzene rings is 2. The van der Waals surface area contributed by atoms with Crippen LogP contribution in [-0.2, 0) is 23.4 Å². The first kappa shape index (κ1) is 27.0. The molecule has 0 unspecified atom stereocenters. The predicted octanol–water partition coefficient (Wildman–Crippen LogP) is 4.70. The summed E-state index contributed by atoms with van der Waals surface area (Å²) in [6.45, 7) is 2.11. The summed E-state index contributed by atoms with van der Waals surface area (Å²) in [5.41, 5.74) is 3.32. The highest BCUT2D eigenvalue weighted by Crippen LogP contribution is 2.50. The molecular formula is C27H36F2N2O4S. The molecule has 1 aliphatic carbocycles. The van der Waals surface area contributed by atoms with Crippen LogP contribution >= 0.6 is 10.6 Å². The molecule has 0 spiro atoms. The Balaban J connectivity index is 1.50. The van der Waals surface area contributed by atoms with Crippen LogP contribution in [0.5, 0.6) is 0 Å². The third-order valence-electron chi connectivity index (χ3n) is 7.28. The molecule has 36 heavy (non-hydrogen) atoms. The maximum Gasteiger partial charge on any atom is 0.223 e. The molecule has 2 aromatic carbocycles. The van der Waals surface area contributed by atoms with Gasteiger partial charge in [0.2, 0.25) is 5.91 Å². The van der Waals surface area contributed by atoms with Crippen LogP contribution in [0.2, 0.25) is 0 Å². The van der Waals surface area contributed by atoms with Crippen molar-refractivity contribution < 1.29 is 27.8 Å². The zero-order valence-electron chi connectivity index (χ0n) is 20.6. The Morgan fingerprint density at radius 1 is 1.08 bits per heavy atom. The van der Waals surface area contributed by atoms with E-state index in [1.807, 2.05) is 12.1 Å². The molecule has 1 saturated carbocycles. The van der Waals surface area contributed by atoms with E-state index in [1.165, 1.54) is 12.1 Å². The number of hydrogen-bond donors (Lipinski definition) is 5. The van der Waals surface area contributed by atoms with E-state index in [0.717, 1.165) is 54.9 Å². The number of nitrogens with one attached hydrogen (secondary N) is 2. The van der Waals surface area contributed by atoms with E-state index in [1.54, 1.807) is 0 Å². The number of halogens is 2. The van der Waals surface area contributed by atoms with Crippen LogP contribution in [0.15, 0.2) is 36.4 Å². The first-order chi connectivity index (χ1) is 17.1. The van der Waals surface area contributed by atoms with E-state index in [0.29, 0.717) is 5.56 Å². The molecule has 9 heteroatoms. The Bertz CT molecular complexity index is 1060. The zero-order valence-corrected chi connectivity index (χ0v) is 21.4. The van der Waals surface area contributed by atoms with Crippen molar-refractivity contribution in [2.24, 2.45) is 5.92 Å². The Morgan fingerprint density at radius 2 is 1.78 bits per heavy atom. The minimum absolute atomic E-state index is 0.0589. The fourth-order valence-electron chi connectivity index (χ4n) is 5.31. The van der Waals surface area contributed by atoms with Crippen LogP contribution in [-0.4, -0.2) is 44.6 Å². The van der Waals surface area contributed by atoms with E-state index >= 15 is 0 Å². The zero-order chi connectivity index (χ0) is 25.9. The van der Waals surface area contributed by atoms with Gasteiger partial charge in [-0.3, -0.25) is 13.9 Å². The van der Waals surface area contributed by atoms with Crippen LogP contribution in [0, 0.1) is 17.6 Å². The third kappa shape index (κ3) is 6.83. The number of carbonyl (C=O) groups excluding carboxylic acids is 1. The average molecular weight is 523 g/mol. The minimum atomic E-state index is -2.82. The van der Waals surface area contributed by atoms with Crippen molar-refractivity contribution >= 4 is 16.5 Å². The molecule has 0 aromatic heterocycles. The molecule has 3 atom stereocenters. The molecule has 0 bridgehead atoms. The van der Waals surface area contributed by atoms with E-state index in [9.17, 15) is 27.8 Å². The lowest BCUT2D eigenvalue weighted by molar-refractivity contribution is -0.126. The van der Waals surface area contributed by atoms with Gasteiger partial charge in [-0.1, -0.05) is 38.0 Å². The maximum absolute atomic E-state index is 13.8. The fourth-order valence-corrected chi connectivity index (χ4v) is 7.02. The summed E-state index contributed by atoms with van der Waals surface area (Å²) in [5.74, 6) is -1.36. The van der Waals surface area contributed by atoms with Gasteiger partial charge in [-0.15, -0.1) is 0 Å². The molecule has 1 aliphatic heterocycles. The van der Waals surface area contributed by atoms with Crippen molar-refractivity contribution in [3.63, 3.8) is 0 Å². The lowest BCUT2D eigenvalue weighted by atomic mass is 9.96. The van der Waals surface area contributed by atoms with Gasteiger partial charge in [-0.25, -0.2) is 8.78 Å². The number of aliphatic hydroxyl groups is 1. The smallest absolute Gasteiger partial charge is 0.223 e. The van der Waals surface area contributed by atoms with E-state index in [2.05, 4.69) is 23.6 Å². The second-order valence-corrected chi connectivity index (χ2v) is 12.3. The molecule has 5 N–H and O–H groups in total. The highest BCUT2D eigenvalue weighted by Gasteiger charge is 2.32. The number of aryl methyl sites for hydroxylation is 1. The second kappa shape index (κ2) is 11.6. The fraction of sp³-hybridized carbons (Fsp3) is 0.519. The summed E-state index contributed by atoms with van der Waals surface area (Å²) in [5, 5.41) is 17.3. The molecule has 1 fully saturated rings. The van der Waals surface area contributed by atoms with Gasteiger partial charge in [0.1, 0.15) is 11.6 Å². The topological polar surface area (TPSA) is 102 Å². The number of amides is 1. The first-order valence-corrected chi connectivity index (χ1v) is 14.5. The number of carbonyl (C=O) groups is 1. The Labute approximate surface area is 212 Å².